The zero-order valence-electron chi connectivity index (χ0n) is 11.8. The first-order chi connectivity index (χ1) is 10.5. The summed E-state index contributed by atoms with van der Waals surface area (Å²) in [6.07, 6.45) is 0. The zero-order valence-corrected chi connectivity index (χ0v) is 13.3. The molecule has 0 aliphatic carbocycles. The van der Waals surface area contributed by atoms with Gasteiger partial charge in [0.2, 0.25) is 5.91 Å². The van der Waals surface area contributed by atoms with Crippen molar-refractivity contribution < 1.29 is 9.59 Å². The second-order valence-electron chi connectivity index (χ2n) is 4.67. The highest BCUT2D eigenvalue weighted by Crippen LogP contribution is 2.19. The van der Waals surface area contributed by atoms with Gasteiger partial charge < -0.3 is 10.6 Å². The fourth-order valence-corrected chi connectivity index (χ4v) is 2.18. The number of carbonyl (C=O) groups excluding carboxylic acids is 2. The van der Waals surface area contributed by atoms with Gasteiger partial charge in [-0.05, 0) is 36.8 Å². The van der Waals surface area contributed by atoms with Gasteiger partial charge in [-0.15, -0.1) is 0 Å². The Hall–Kier alpha value is -2.04. The summed E-state index contributed by atoms with van der Waals surface area (Å²) < 4.78 is 0. The highest BCUT2D eigenvalue weighted by atomic mass is 35.5. The number of nitrogens with one attached hydrogen (secondary N) is 2. The molecule has 2 rings (SSSR count). The van der Waals surface area contributed by atoms with Gasteiger partial charge in [-0.1, -0.05) is 41.4 Å². The van der Waals surface area contributed by atoms with Crippen LogP contribution in [-0.4, -0.2) is 18.4 Å². The van der Waals surface area contributed by atoms with Crippen molar-refractivity contribution in [2.24, 2.45) is 0 Å². The molecule has 2 aromatic carbocycles. The first-order valence-corrected chi connectivity index (χ1v) is 7.31. The van der Waals surface area contributed by atoms with Crippen molar-refractivity contribution in [2.45, 2.75) is 6.92 Å². The van der Waals surface area contributed by atoms with E-state index in [4.69, 9.17) is 23.2 Å². The van der Waals surface area contributed by atoms with Crippen molar-refractivity contribution in [1.82, 2.24) is 5.32 Å². The standard InChI is InChI=1S/C16H14Cl2N2O2/c1-10-6-7-11(8-14(10)18)20-15(21)9-19-16(22)12-4-2-3-5-13(12)17/h2-8H,9H2,1H3,(H,19,22)(H,20,21). The molecule has 0 aliphatic rings. The molecular formula is C16H14Cl2N2O2. The SMILES string of the molecule is Cc1ccc(NC(=O)CNC(=O)c2ccccc2Cl)cc1Cl. The molecule has 22 heavy (non-hydrogen) atoms. The van der Waals surface area contributed by atoms with Crippen LogP contribution in [0.5, 0.6) is 0 Å². The third-order valence-electron chi connectivity index (χ3n) is 2.98. The predicted octanol–water partition coefficient (Wildman–Crippen LogP) is 3.67. The Bertz CT molecular complexity index is 717. The van der Waals surface area contributed by atoms with Gasteiger partial charge >= 0.3 is 0 Å². The number of carbonyl (C=O) groups is 2. The highest BCUT2D eigenvalue weighted by molar-refractivity contribution is 6.33. The number of amides is 2. The normalized spacial score (nSPS) is 10.1. The second kappa shape index (κ2) is 7.29. The lowest BCUT2D eigenvalue weighted by molar-refractivity contribution is -0.115. The number of hydrogen-bond donors (Lipinski definition) is 2. The maximum absolute atomic E-state index is 11.9. The maximum Gasteiger partial charge on any atom is 0.253 e. The molecule has 0 spiro atoms. The van der Waals surface area contributed by atoms with Crippen LogP contribution >= 0.6 is 23.2 Å². The number of benzene rings is 2. The summed E-state index contributed by atoms with van der Waals surface area (Å²) in [7, 11) is 0. The molecule has 2 amide bonds. The summed E-state index contributed by atoms with van der Waals surface area (Å²) in [5.41, 5.74) is 1.83. The van der Waals surface area contributed by atoms with E-state index in [1.165, 1.54) is 0 Å². The van der Waals surface area contributed by atoms with Crippen LogP contribution in [0, 0.1) is 6.92 Å². The summed E-state index contributed by atoms with van der Waals surface area (Å²) >= 11 is 11.9. The zero-order chi connectivity index (χ0) is 16.1. The van der Waals surface area contributed by atoms with E-state index in [1.54, 1.807) is 42.5 Å². The van der Waals surface area contributed by atoms with Crippen LogP contribution in [0.1, 0.15) is 15.9 Å². The van der Waals surface area contributed by atoms with E-state index < -0.39 is 5.91 Å². The molecule has 2 N–H and O–H groups in total. The minimum absolute atomic E-state index is 0.157. The molecule has 0 fully saturated rings. The molecule has 0 saturated carbocycles. The van der Waals surface area contributed by atoms with Crippen LogP contribution in [0.2, 0.25) is 10.0 Å². The predicted molar refractivity (Wildman–Crippen MR) is 88.6 cm³/mol. The summed E-state index contributed by atoms with van der Waals surface area (Å²) in [4.78, 5) is 23.8. The Morgan fingerprint density at radius 2 is 1.77 bits per heavy atom. The van der Waals surface area contributed by atoms with E-state index in [0.29, 0.717) is 21.3 Å². The van der Waals surface area contributed by atoms with Crippen molar-refractivity contribution in [3.63, 3.8) is 0 Å². The fraction of sp³-hybridized carbons (Fsp3) is 0.125. The minimum Gasteiger partial charge on any atom is -0.343 e. The Labute approximate surface area is 138 Å². The van der Waals surface area contributed by atoms with Crippen molar-refractivity contribution >= 4 is 40.7 Å². The topological polar surface area (TPSA) is 58.2 Å². The average Bonchev–Trinajstić information content (AvgIpc) is 2.49. The molecule has 0 saturated heterocycles. The Morgan fingerprint density at radius 3 is 2.45 bits per heavy atom. The quantitative estimate of drug-likeness (QED) is 0.894. The van der Waals surface area contributed by atoms with Gasteiger partial charge in [-0.25, -0.2) is 0 Å². The summed E-state index contributed by atoms with van der Waals surface area (Å²) in [6, 6.07) is 11.8. The third kappa shape index (κ3) is 4.23. The van der Waals surface area contributed by atoms with Crippen LogP contribution < -0.4 is 10.6 Å². The van der Waals surface area contributed by atoms with Gasteiger partial charge in [0.1, 0.15) is 0 Å². The first-order valence-electron chi connectivity index (χ1n) is 6.56. The Kier molecular flexibility index (Phi) is 5.41. The first kappa shape index (κ1) is 16.3. The van der Waals surface area contributed by atoms with Gasteiger partial charge in [0.25, 0.3) is 5.91 Å². The molecule has 114 valence electrons. The number of aryl methyl sites for hydroxylation is 1. The van der Waals surface area contributed by atoms with Crippen LogP contribution in [0.25, 0.3) is 0 Å². The molecule has 2 aromatic rings. The van der Waals surface area contributed by atoms with E-state index in [1.807, 2.05) is 6.92 Å². The van der Waals surface area contributed by atoms with Crippen LogP contribution in [0.4, 0.5) is 5.69 Å². The average molecular weight is 337 g/mol. The van der Waals surface area contributed by atoms with E-state index >= 15 is 0 Å². The molecule has 0 aliphatic heterocycles. The van der Waals surface area contributed by atoms with E-state index in [9.17, 15) is 9.59 Å². The molecule has 4 nitrogen and oxygen atoms in total. The van der Waals surface area contributed by atoms with Crippen molar-refractivity contribution in [3.8, 4) is 0 Å². The van der Waals surface area contributed by atoms with E-state index in [-0.39, 0.29) is 12.5 Å². The number of anilines is 1. The van der Waals surface area contributed by atoms with Crippen LogP contribution in [-0.2, 0) is 4.79 Å². The number of hydrogen-bond acceptors (Lipinski definition) is 2. The van der Waals surface area contributed by atoms with Crippen LogP contribution in [0.3, 0.4) is 0 Å². The smallest absolute Gasteiger partial charge is 0.253 e. The lowest BCUT2D eigenvalue weighted by Gasteiger charge is -2.09. The molecule has 0 radical (unpaired) electrons. The van der Waals surface area contributed by atoms with Gasteiger partial charge in [0, 0.05) is 10.7 Å². The molecule has 0 atom stereocenters. The van der Waals surface area contributed by atoms with E-state index in [2.05, 4.69) is 10.6 Å². The maximum atomic E-state index is 11.9. The molecule has 6 heteroatoms. The Balaban J connectivity index is 1.91. The van der Waals surface area contributed by atoms with Gasteiger partial charge in [0.15, 0.2) is 0 Å². The number of halogens is 2. The lowest BCUT2D eigenvalue weighted by Crippen LogP contribution is -2.33. The summed E-state index contributed by atoms with van der Waals surface area (Å²) in [5, 5.41) is 6.08. The van der Waals surface area contributed by atoms with Crippen molar-refractivity contribution in [1.29, 1.82) is 0 Å². The molecule has 0 bridgehead atoms. The second-order valence-corrected chi connectivity index (χ2v) is 5.49. The fourth-order valence-electron chi connectivity index (χ4n) is 1.78. The molecular weight excluding hydrogens is 323 g/mol. The van der Waals surface area contributed by atoms with E-state index in [0.717, 1.165) is 5.56 Å². The minimum atomic E-state index is -0.400. The largest absolute Gasteiger partial charge is 0.343 e. The summed E-state index contributed by atoms with van der Waals surface area (Å²) in [6.45, 7) is 1.72. The molecule has 0 unspecified atom stereocenters. The molecule has 0 heterocycles. The van der Waals surface area contributed by atoms with Crippen molar-refractivity contribution in [2.75, 3.05) is 11.9 Å². The van der Waals surface area contributed by atoms with Gasteiger partial charge in [-0.2, -0.15) is 0 Å². The number of rotatable bonds is 4. The van der Waals surface area contributed by atoms with Crippen molar-refractivity contribution in [3.05, 3.63) is 63.6 Å². The Morgan fingerprint density at radius 1 is 1.05 bits per heavy atom. The third-order valence-corrected chi connectivity index (χ3v) is 3.72. The monoisotopic (exact) mass is 336 g/mol. The van der Waals surface area contributed by atoms with Gasteiger partial charge in [0.05, 0.1) is 17.1 Å². The molecule has 0 aromatic heterocycles. The lowest BCUT2D eigenvalue weighted by atomic mass is 10.2. The summed E-state index contributed by atoms with van der Waals surface area (Å²) in [5.74, 6) is -0.747. The highest BCUT2D eigenvalue weighted by Gasteiger charge is 2.11. The van der Waals surface area contributed by atoms with Crippen LogP contribution in [0.15, 0.2) is 42.5 Å². The van der Waals surface area contributed by atoms with Gasteiger partial charge in [-0.3, -0.25) is 9.59 Å².